The normalized spacial score (nSPS) is 11.6. The highest BCUT2D eigenvalue weighted by Gasteiger charge is 2.22. The Kier molecular flexibility index (Phi) is 4.05. The van der Waals surface area contributed by atoms with Gasteiger partial charge in [-0.2, -0.15) is 4.98 Å². The molecule has 3 aromatic heterocycles. The van der Waals surface area contributed by atoms with Crippen molar-refractivity contribution in [1.82, 2.24) is 23.1 Å². The van der Waals surface area contributed by atoms with Gasteiger partial charge in [-0.25, -0.2) is 4.79 Å². The molecule has 156 valence electrons. The van der Waals surface area contributed by atoms with E-state index >= 15 is 0 Å². The molecular weight excluding hydrogens is 390 g/mol. The van der Waals surface area contributed by atoms with Gasteiger partial charge in [0.1, 0.15) is 0 Å². The Labute approximate surface area is 178 Å². The first-order chi connectivity index (χ1) is 14.8. The monoisotopic (exact) mass is 413 g/mol. The largest absolute Gasteiger partial charge is 0.332 e. The maximum atomic E-state index is 13.0. The smallest absolute Gasteiger partial charge is 0.279 e. The van der Waals surface area contributed by atoms with Crippen molar-refractivity contribution >= 4 is 16.9 Å². The van der Waals surface area contributed by atoms with Gasteiger partial charge in [0.15, 0.2) is 11.2 Å². The van der Waals surface area contributed by atoms with Gasteiger partial charge in [-0.05, 0) is 38.0 Å². The summed E-state index contributed by atoms with van der Waals surface area (Å²) in [4.78, 5) is 30.2. The maximum Gasteiger partial charge on any atom is 0.332 e. The van der Waals surface area contributed by atoms with Gasteiger partial charge in [0.2, 0.25) is 5.78 Å². The molecule has 5 rings (SSSR count). The van der Waals surface area contributed by atoms with Gasteiger partial charge < -0.3 is 0 Å². The molecule has 31 heavy (non-hydrogen) atoms. The van der Waals surface area contributed by atoms with E-state index in [1.807, 2.05) is 6.20 Å². The topological polar surface area (TPSA) is 66.2 Å². The van der Waals surface area contributed by atoms with Crippen molar-refractivity contribution in [3.8, 4) is 16.9 Å². The van der Waals surface area contributed by atoms with E-state index in [1.54, 1.807) is 11.4 Å². The first-order valence-electron chi connectivity index (χ1n) is 10.1. The Morgan fingerprint density at radius 2 is 1.52 bits per heavy atom. The minimum Gasteiger partial charge on any atom is -0.279 e. The van der Waals surface area contributed by atoms with Crippen LogP contribution >= 0.6 is 0 Å². The number of hydrogen-bond acceptors (Lipinski definition) is 3. The molecule has 7 heteroatoms. The number of aromatic nitrogens is 5. The molecule has 0 radical (unpaired) electrons. The second-order valence-electron chi connectivity index (χ2n) is 8.17. The van der Waals surface area contributed by atoms with Crippen molar-refractivity contribution in [1.29, 1.82) is 0 Å². The molecule has 0 fully saturated rings. The molecule has 5 aromatic rings. The molecule has 0 bridgehead atoms. The van der Waals surface area contributed by atoms with Crippen LogP contribution in [0.4, 0.5) is 0 Å². The predicted molar refractivity (Wildman–Crippen MR) is 122 cm³/mol. The van der Waals surface area contributed by atoms with Crippen LogP contribution in [0.5, 0.6) is 0 Å². The summed E-state index contributed by atoms with van der Waals surface area (Å²) in [5.74, 6) is 0.595. The maximum absolute atomic E-state index is 13.0. The number of benzene rings is 2. The lowest BCUT2D eigenvalue weighted by Gasteiger charge is -2.13. The minimum atomic E-state index is -0.393. The fourth-order valence-electron chi connectivity index (χ4n) is 4.10. The summed E-state index contributed by atoms with van der Waals surface area (Å²) in [6.07, 6.45) is 1.93. The average Bonchev–Trinajstić information content (AvgIpc) is 3.29. The number of rotatable bonds is 2. The van der Waals surface area contributed by atoms with Gasteiger partial charge in [-0.1, -0.05) is 42.0 Å². The zero-order valence-corrected chi connectivity index (χ0v) is 18.2. The summed E-state index contributed by atoms with van der Waals surface area (Å²) in [5, 5.41) is 0. The van der Waals surface area contributed by atoms with Crippen LogP contribution in [-0.2, 0) is 14.1 Å². The van der Waals surface area contributed by atoms with E-state index in [0.717, 1.165) is 32.6 Å². The summed E-state index contributed by atoms with van der Waals surface area (Å²) in [5.41, 5.74) is 6.33. The molecule has 0 aliphatic rings. The van der Waals surface area contributed by atoms with Gasteiger partial charge in [0, 0.05) is 25.9 Å². The lowest BCUT2D eigenvalue weighted by molar-refractivity contribution is 0.708. The molecule has 3 heterocycles. The van der Waals surface area contributed by atoms with Crippen LogP contribution in [-0.4, -0.2) is 23.1 Å². The molecule has 0 aliphatic heterocycles. The fraction of sp³-hybridized carbons (Fsp3) is 0.208. The number of nitrogens with zero attached hydrogens (tertiary/aromatic N) is 5. The highest BCUT2D eigenvalue weighted by atomic mass is 16.2. The lowest BCUT2D eigenvalue weighted by Crippen LogP contribution is -2.37. The Morgan fingerprint density at radius 3 is 2.23 bits per heavy atom. The molecule has 2 aromatic carbocycles. The molecule has 0 saturated heterocycles. The average molecular weight is 413 g/mol. The van der Waals surface area contributed by atoms with E-state index in [9.17, 15) is 9.59 Å². The van der Waals surface area contributed by atoms with E-state index in [2.05, 4.69) is 67.8 Å². The third-order valence-corrected chi connectivity index (χ3v) is 5.92. The van der Waals surface area contributed by atoms with Crippen LogP contribution in [0.3, 0.4) is 0 Å². The molecule has 0 unspecified atom stereocenters. The quantitative estimate of drug-likeness (QED) is 0.446. The predicted octanol–water partition coefficient (Wildman–Crippen LogP) is 3.27. The van der Waals surface area contributed by atoms with Crippen LogP contribution in [0, 0.1) is 20.8 Å². The Hall–Kier alpha value is -3.87. The van der Waals surface area contributed by atoms with E-state index < -0.39 is 5.69 Å². The summed E-state index contributed by atoms with van der Waals surface area (Å²) in [6, 6.07) is 14.6. The van der Waals surface area contributed by atoms with Crippen molar-refractivity contribution in [2.45, 2.75) is 20.8 Å². The van der Waals surface area contributed by atoms with Gasteiger partial charge in [0.25, 0.3) is 5.56 Å². The Balaban J connectivity index is 1.99. The first-order valence-corrected chi connectivity index (χ1v) is 10.1. The van der Waals surface area contributed by atoms with Crippen molar-refractivity contribution in [2.75, 3.05) is 0 Å². The molecule has 0 spiro atoms. The molecule has 0 N–H and O–H groups in total. The molecule has 0 saturated carbocycles. The van der Waals surface area contributed by atoms with Crippen LogP contribution in [0.2, 0.25) is 0 Å². The van der Waals surface area contributed by atoms with Crippen molar-refractivity contribution in [2.24, 2.45) is 14.1 Å². The number of fused-ring (bicyclic) bond motifs is 3. The lowest BCUT2D eigenvalue weighted by atomic mass is 10.1. The highest BCUT2D eigenvalue weighted by Crippen LogP contribution is 2.30. The van der Waals surface area contributed by atoms with E-state index in [4.69, 9.17) is 4.98 Å². The van der Waals surface area contributed by atoms with Gasteiger partial charge >= 0.3 is 5.69 Å². The zero-order valence-electron chi connectivity index (χ0n) is 18.2. The van der Waals surface area contributed by atoms with Crippen molar-refractivity contribution < 1.29 is 0 Å². The molecule has 0 atom stereocenters. The van der Waals surface area contributed by atoms with Crippen molar-refractivity contribution in [3.05, 3.63) is 86.2 Å². The number of hydrogen-bond donors (Lipinski definition) is 0. The Morgan fingerprint density at radius 1 is 0.839 bits per heavy atom. The standard InChI is InChI=1S/C24H23N5O2/c1-14-7-10-17(11-8-14)19-13-28-20-21(26(4)24(31)27(5)22(20)30)25-23(28)29(19)18-12-15(2)6-9-16(18)3/h6-13H,1-5H3. The fourth-order valence-corrected chi connectivity index (χ4v) is 4.10. The zero-order chi connectivity index (χ0) is 22.0. The first kappa shape index (κ1) is 19.1. The minimum absolute atomic E-state index is 0.362. The highest BCUT2D eigenvalue weighted by molar-refractivity contribution is 5.79. The number of imidazole rings is 2. The van der Waals surface area contributed by atoms with Gasteiger partial charge in [-0.15, -0.1) is 0 Å². The summed E-state index contributed by atoms with van der Waals surface area (Å²) < 4.78 is 6.41. The van der Waals surface area contributed by atoms with E-state index in [-0.39, 0.29) is 5.56 Å². The summed E-state index contributed by atoms with van der Waals surface area (Å²) in [6.45, 7) is 6.16. The second kappa shape index (κ2) is 6.57. The van der Waals surface area contributed by atoms with Gasteiger partial charge in [-0.3, -0.25) is 22.9 Å². The molecular formula is C24H23N5O2. The summed E-state index contributed by atoms with van der Waals surface area (Å²) >= 11 is 0. The van der Waals surface area contributed by atoms with Crippen LogP contribution in [0.1, 0.15) is 16.7 Å². The second-order valence-corrected chi connectivity index (χ2v) is 8.17. The van der Waals surface area contributed by atoms with Crippen LogP contribution in [0.25, 0.3) is 33.9 Å². The van der Waals surface area contributed by atoms with Crippen molar-refractivity contribution in [3.63, 3.8) is 0 Å². The molecule has 0 aliphatic carbocycles. The molecule has 7 nitrogen and oxygen atoms in total. The summed E-state index contributed by atoms with van der Waals surface area (Å²) in [7, 11) is 3.13. The molecule has 0 amide bonds. The van der Waals surface area contributed by atoms with Crippen LogP contribution in [0.15, 0.2) is 58.3 Å². The van der Waals surface area contributed by atoms with Crippen LogP contribution < -0.4 is 11.2 Å². The van der Waals surface area contributed by atoms with Gasteiger partial charge in [0.05, 0.1) is 11.4 Å². The van der Waals surface area contributed by atoms with E-state index in [1.165, 1.54) is 17.2 Å². The number of aryl methyl sites for hydroxylation is 4. The third-order valence-electron chi connectivity index (χ3n) is 5.92. The third kappa shape index (κ3) is 2.70. The van der Waals surface area contributed by atoms with E-state index in [0.29, 0.717) is 16.9 Å². The Bertz CT molecular complexity index is 1610. The SMILES string of the molecule is Cc1ccc(-c2cn3c4c(=O)n(C)c(=O)n(C)c4nc3n2-c2cc(C)ccc2C)cc1.